The fourth-order valence-electron chi connectivity index (χ4n) is 1.61. The zero-order chi connectivity index (χ0) is 11.5. The summed E-state index contributed by atoms with van der Waals surface area (Å²) in [6.07, 6.45) is 0.689. The molecular formula is C11H11N3O2. The minimum Gasteiger partial charge on any atom is -0.496 e. The first-order valence-corrected chi connectivity index (χ1v) is 4.76. The molecule has 0 aliphatic heterocycles. The smallest absolute Gasteiger partial charge is 0.172 e. The summed E-state index contributed by atoms with van der Waals surface area (Å²) in [6.45, 7) is 0. The summed E-state index contributed by atoms with van der Waals surface area (Å²) >= 11 is 0. The molecule has 0 saturated heterocycles. The molecule has 0 amide bonds. The van der Waals surface area contributed by atoms with Crippen LogP contribution in [0.2, 0.25) is 0 Å². The van der Waals surface area contributed by atoms with Crippen molar-refractivity contribution < 1.29 is 9.53 Å². The zero-order valence-electron chi connectivity index (χ0n) is 9.04. The van der Waals surface area contributed by atoms with Crippen LogP contribution < -0.4 is 4.74 Å². The molecule has 0 unspecified atom stereocenters. The van der Waals surface area contributed by atoms with Crippen LogP contribution in [0.5, 0.6) is 5.75 Å². The lowest BCUT2D eigenvalue weighted by atomic mass is 10.1. The number of para-hydroxylation sites is 1. The number of methoxy groups -OCH3 is 1. The van der Waals surface area contributed by atoms with Gasteiger partial charge in [0.25, 0.3) is 0 Å². The minimum atomic E-state index is 0.312. The van der Waals surface area contributed by atoms with Gasteiger partial charge >= 0.3 is 0 Å². The van der Waals surface area contributed by atoms with E-state index in [4.69, 9.17) is 4.74 Å². The van der Waals surface area contributed by atoms with Crippen LogP contribution in [-0.4, -0.2) is 28.4 Å². The standard InChI is InChI=1S/C11H11N3O2/c1-14-11(9(7-15)12-13-14)8-5-3-4-6-10(8)16-2/h3-7H,1-2H3. The maximum Gasteiger partial charge on any atom is 0.172 e. The minimum absolute atomic E-state index is 0.312. The second kappa shape index (κ2) is 4.14. The number of hydrogen-bond acceptors (Lipinski definition) is 4. The van der Waals surface area contributed by atoms with Crippen molar-refractivity contribution in [2.45, 2.75) is 0 Å². The van der Waals surface area contributed by atoms with Gasteiger partial charge in [0.05, 0.1) is 7.11 Å². The van der Waals surface area contributed by atoms with Gasteiger partial charge in [0, 0.05) is 12.6 Å². The van der Waals surface area contributed by atoms with Crippen molar-refractivity contribution in [1.82, 2.24) is 15.0 Å². The fraction of sp³-hybridized carbons (Fsp3) is 0.182. The fourth-order valence-corrected chi connectivity index (χ4v) is 1.61. The number of nitrogens with zero attached hydrogens (tertiary/aromatic N) is 3. The number of hydrogen-bond donors (Lipinski definition) is 0. The highest BCUT2D eigenvalue weighted by molar-refractivity contribution is 5.85. The Kier molecular flexibility index (Phi) is 2.68. The summed E-state index contributed by atoms with van der Waals surface area (Å²) in [4.78, 5) is 10.9. The Morgan fingerprint density at radius 3 is 2.81 bits per heavy atom. The maximum atomic E-state index is 10.9. The van der Waals surface area contributed by atoms with Crippen molar-refractivity contribution in [1.29, 1.82) is 0 Å². The van der Waals surface area contributed by atoms with Gasteiger partial charge in [0.2, 0.25) is 0 Å². The summed E-state index contributed by atoms with van der Waals surface area (Å²) in [5.74, 6) is 0.691. The van der Waals surface area contributed by atoms with E-state index in [2.05, 4.69) is 10.3 Å². The summed E-state index contributed by atoms with van der Waals surface area (Å²) in [5.41, 5.74) is 1.78. The number of aromatic nitrogens is 3. The van der Waals surface area contributed by atoms with E-state index in [1.807, 2.05) is 24.3 Å². The van der Waals surface area contributed by atoms with Crippen LogP contribution in [0, 0.1) is 0 Å². The average Bonchev–Trinajstić information content (AvgIpc) is 2.70. The van der Waals surface area contributed by atoms with Crippen molar-refractivity contribution in [3.63, 3.8) is 0 Å². The van der Waals surface area contributed by atoms with Gasteiger partial charge in [-0.1, -0.05) is 17.3 Å². The number of aryl methyl sites for hydroxylation is 1. The van der Waals surface area contributed by atoms with Gasteiger partial charge < -0.3 is 4.74 Å². The molecule has 1 aromatic carbocycles. The van der Waals surface area contributed by atoms with Crippen molar-refractivity contribution in [3.05, 3.63) is 30.0 Å². The lowest BCUT2D eigenvalue weighted by Gasteiger charge is -2.07. The number of ether oxygens (including phenoxy) is 1. The van der Waals surface area contributed by atoms with Gasteiger partial charge in [-0.15, -0.1) is 5.10 Å². The molecule has 0 spiro atoms. The van der Waals surface area contributed by atoms with Gasteiger partial charge in [-0.2, -0.15) is 0 Å². The second-order valence-corrected chi connectivity index (χ2v) is 3.27. The Balaban J connectivity index is 2.66. The van der Waals surface area contributed by atoms with Crippen molar-refractivity contribution in [3.8, 4) is 17.0 Å². The molecule has 0 aliphatic carbocycles. The highest BCUT2D eigenvalue weighted by atomic mass is 16.5. The second-order valence-electron chi connectivity index (χ2n) is 3.27. The van der Waals surface area contributed by atoms with Crippen LogP contribution in [0.1, 0.15) is 10.5 Å². The Hall–Kier alpha value is -2.17. The van der Waals surface area contributed by atoms with Crippen molar-refractivity contribution in [2.24, 2.45) is 7.05 Å². The molecule has 0 saturated carbocycles. The SMILES string of the molecule is COc1ccccc1-c1c(C=O)nnn1C. The topological polar surface area (TPSA) is 57.0 Å². The van der Waals surface area contributed by atoms with E-state index < -0.39 is 0 Å². The Bertz CT molecular complexity index is 520. The van der Waals surface area contributed by atoms with Crippen LogP contribution in [0.25, 0.3) is 11.3 Å². The van der Waals surface area contributed by atoms with E-state index >= 15 is 0 Å². The summed E-state index contributed by atoms with van der Waals surface area (Å²) < 4.78 is 6.80. The van der Waals surface area contributed by atoms with E-state index in [9.17, 15) is 4.79 Å². The Labute approximate surface area is 92.7 Å². The van der Waals surface area contributed by atoms with Gasteiger partial charge in [-0.05, 0) is 12.1 Å². The molecular weight excluding hydrogens is 206 g/mol. The Morgan fingerprint density at radius 2 is 2.12 bits per heavy atom. The molecule has 0 aliphatic rings. The third kappa shape index (κ3) is 1.56. The molecule has 0 radical (unpaired) electrons. The normalized spacial score (nSPS) is 10.1. The molecule has 2 rings (SSSR count). The van der Waals surface area contributed by atoms with Crippen LogP contribution in [0.3, 0.4) is 0 Å². The van der Waals surface area contributed by atoms with Crippen molar-refractivity contribution in [2.75, 3.05) is 7.11 Å². The predicted molar refractivity (Wildman–Crippen MR) is 58.4 cm³/mol. The first-order chi connectivity index (χ1) is 7.77. The van der Waals surface area contributed by atoms with Gasteiger partial charge in [0.1, 0.15) is 11.4 Å². The first kappa shape index (κ1) is 10.4. The first-order valence-electron chi connectivity index (χ1n) is 4.76. The molecule has 0 bridgehead atoms. The molecule has 0 N–H and O–H groups in total. The highest BCUT2D eigenvalue weighted by Crippen LogP contribution is 2.29. The van der Waals surface area contributed by atoms with Gasteiger partial charge in [-0.25, -0.2) is 4.68 Å². The van der Waals surface area contributed by atoms with E-state index in [0.717, 1.165) is 5.56 Å². The van der Waals surface area contributed by atoms with Crippen LogP contribution >= 0.6 is 0 Å². The summed E-state index contributed by atoms with van der Waals surface area (Å²) in [7, 11) is 3.32. The van der Waals surface area contributed by atoms with Crippen LogP contribution in [0.15, 0.2) is 24.3 Å². The summed E-state index contributed by atoms with van der Waals surface area (Å²) in [6, 6.07) is 7.44. The number of benzene rings is 1. The molecule has 5 heteroatoms. The van der Waals surface area contributed by atoms with E-state index in [1.165, 1.54) is 0 Å². The van der Waals surface area contributed by atoms with E-state index in [1.54, 1.807) is 18.8 Å². The number of carbonyl (C=O) groups excluding carboxylic acids is 1. The quantitative estimate of drug-likeness (QED) is 0.727. The molecule has 5 nitrogen and oxygen atoms in total. The molecule has 2 aromatic rings. The monoisotopic (exact) mass is 217 g/mol. The molecule has 1 aromatic heterocycles. The van der Waals surface area contributed by atoms with Crippen LogP contribution in [-0.2, 0) is 7.05 Å². The number of aldehydes is 1. The lowest BCUT2D eigenvalue weighted by Crippen LogP contribution is -1.97. The maximum absolute atomic E-state index is 10.9. The number of carbonyl (C=O) groups is 1. The molecule has 16 heavy (non-hydrogen) atoms. The average molecular weight is 217 g/mol. The molecule has 0 atom stereocenters. The highest BCUT2D eigenvalue weighted by Gasteiger charge is 2.15. The largest absolute Gasteiger partial charge is 0.496 e. The third-order valence-corrected chi connectivity index (χ3v) is 2.33. The number of rotatable bonds is 3. The molecule has 0 fully saturated rings. The van der Waals surface area contributed by atoms with E-state index in [-0.39, 0.29) is 0 Å². The summed E-state index contributed by atoms with van der Waals surface area (Å²) in [5, 5.41) is 7.59. The van der Waals surface area contributed by atoms with E-state index in [0.29, 0.717) is 23.4 Å². The third-order valence-electron chi connectivity index (χ3n) is 2.33. The van der Waals surface area contributed by atoms with Crippen molar-refractivity contribution >= 4 is 6.29 Å². The predicted octanol–water partition coefficient (Wildman–Crippen LogP) is 1.30. The zero-order valence-corrected chi connectivity index (χ0v) is 9.04. The lowest BCUT2D eigenvalue weighted by molar-refractivity contribution is 0.111. The molecule has 82 valence electrons. The Morgan fingerprint density at radius 1 is 1.38 bits per heavy atom. The van der Waals surface area contributed by atoms with Crippen LogP contribution in [0.4, 0.5) is 0 Å². The van der Waals surface area contributed by atoms with Gasteiger partial charge in [0.15, 0.2) is 12.0 Å². The molecule has 1 heterocycles. The van der Waals surface area contributed by atoms with Gasteiger partial charge in [-0.3, -0.25) is 4.79 Å².